The topological polar surface area (TPSA) is 29.5 Å². The van der Waals surface area contributed by atoms with E-state index in [0.717, 1.165) is 6.07 Å². The third kappa shape index (κ3) is 3.93. The Morgan fingerprint density at radius 1 is 1.08 bits per heavy atom. The molecule has 6 heteroatoms. The van der Waals surface area contributed by atoms with Gasteiger partial charge in [0, 0.05) is 13.1 Å². The predicted octanol–water partition coefficient (Wildman–Crippen LogP) is 5.07. The Labute approximate surface area is 146 Å². The van der Waals surface area contributed by atoms with E-state index in [2.05, 4.69) is 0 Å². The molecule has 2 fully saturated rings. The Hall–Kier alpha value is -1.72. The number of benzene rings is 1. The van der Waals surface area contributed by atoms with Gasteiger partial charge in [-0.25, -0.2) is 4.79 Å². The van der Waals surface area contributed by atoms with E-state index in [1.54, 1.807) is 17.0 Å². The molecule has 1 amide bonds. The van der Waals surface area contributed by atoms with E-state index in [4.69, 9.17) is 4.74 Å². The normalized spacial score (nSPS) is 26.6. The van der Waals surface area contributed by atoms with Crippen LogP contribution >= 0.6 is 0 Å². The van der Waals surface area contributed by atoms with Gasteiger partial charge in [-0.05, 0) is 63.0 Å². The van der Waals surface area contributed by atoms with Crippen LogP contribution in [0.3, 0.4) is 0 Å². The van der Waals surface area contributed by atoms with Crippen molar-refractivity contribution >= 4 is 6.09 Å². The van der Waals surface area contributed by atoms with Crippen molar-refractivity contribution in [2.24, 2.45) is 11.8 Å². The summed E-state index contributed by atoms with van der Waals surface area (Å²) >= 11 is 0. The van der Waals surface area contributed by atoms with Gasteiger partial charge in [0.15, 0.2) is 0 Å². The van der Waals surface area contributed by atoms with E-state index in [0.29, 0.717) is 31.5 Å². The molecule has 2 aliphatic rings. The van der Waals surface area contributed by atoms with Gasteiger partial charge < -0.3 is 9.64 Å². The van der Waals surface area contributed by atoms with Crippen LogP contribution in [0.1, 0.15) is 50.7 Å². The zero-order chi connectivity index (χ0) is 18.4. The fourth-order valence-electron chi connectivity index (χ4n) is 4.14. The van der Waals surface area contributed by atoms with Gasteiger partial charge in [-0.2, -0.15) is 13.2 Å². The van der Waals surface area contributed by atoms with Crippen molar-refractivity contribution in [3.05, 3.63) is 35.4 Å². The quantitative estimate of drug-likeness (QED) is 0.704. The highest BCUT2D eigenvalue weighted by Gasteiger charge is 2.45. The lowest BCUT2D eigenvalue weighted by atomic mass is 9.91. The Balaban J connectivity index is 1.68. The van der Waals surface area contributed by atoms with E-state index in [-0.39, 0.29) is 23.8 Å². The molecule has 3 atom stereocenters. The van der Waals surface area contributed by atoms with Gasteiger partial charge in [0.1, 0.15) is 5.60 Å². The molecule has 3 nitrogen and oxygen atoms in total. The average Bonchev–Trinajstić information content (AvgIpc) is 3.03. The van der Waals surface area contributed by atoms with Crippen LogP contribution in [0.2, 0.25) is 0 Å². The first kappa shape index (κ1) is 18.1. The summed E-state index contributed by atoms with van der Waals surface area (Å²) < 4.78 is 45.1. The number of nitrogens with zero attached hydrogens (tertiary/aromatic N) is 1. The second-order valence-corrected chi connectivity index (χ2v) is 8.16. The van der Waals surface area contributed by atoms with Gasteiger partial charge >= 0.3 is 12.3 Å². The van der Waals surface area contributed by atoms with Gasteiger partial charge in [0.2, 0.25) is 0 Å². The Morgan fingerprint density at radius 2 is 1.64 bits per heavy atom. The fraction of sp³-hybridized carbons (Fsp3) is 0.632. The Morgan fingerprint density at radius 3 is 2.16 bits per heavy atom. The number of halogens is 3. The average molecular weight is 355 g/mol. The lowest BCUT2D eigenvalue weighted by Gasteiger charge is -2.25. The van der Waals surface area contributed by atoms with E-state index < -0.39 is 17.3 Å². The van der Waals surface area contributed by atoms with Crippen LogP contribution in [0.15, 0.2) is 24.3 Å². The molecule has 25 heavy (non-hydrogen) atoms. The van der Waals surface area contributed by atoms with Crippen molar-refractivity contribution in [1.29, 1.82) is 0 Å². The number of hydrogen-bond donors (Lipinski definition) is 0. The molecule has 0 unspecified atom stereocenters. The lowest BCUT2D eigenvalue weighted by molar-refractivity contribution is -0.138. The van der Waals surface area contributed by atoms with Crippen LogP contribution in [0.4, 0.5) is 18.0 Å². The van der Waals surface area contributed by atoms with Crippen molar-refractivity contribution in [3.8, 4) is 0 Å². The summed E-state index contributed by atoms with van der Waals surface area (Å²) in [6, 6.07) is 5.87. The van der Waals surface area contributed by atoms with Crippen molar-refractivity contribution in [2.75, 3.05) is 13.1 Å². The van der Waals surface area contributed by atoms with Crippen molar-refractivity contribution in [3.63, 3.8) is 0 Å². The zero-order valence-electron chi connectivity index (χ0n) is 14.8. The first-order chi connectivity index (χ1) is 11.5. The van der Waals surface area contributed by atoms with Crippen molar-refractivity contribution in [1.82, 2.24) is 4.90 Å². The number of ether oxygens (including phenoxy) is 1. The van der Waals surface area contributed by atoms with E-state index in [1.165, 1.54) is 6.07 Å². The number of carbonyl (C=O) groups excluding carboxylic acids is 1. The minimum Gasteiger partial charge on any atom is -0.444 e. The maximum Gasteiger partial charge on any atom is 0.416 e. The number of likely N-dealkylation sites (tertiary alicyclic amines) is 1. The second kappa shape index (κ2) is 6.22. The summed E-state index contributed by atoms with van der Waals surface area (Å²) in [6.07, 6.45) is -3.26. The Kier molecular flexibility index (Phi) is 4.50. The molecule has 1 saturated heterocycles. The third-order valence-corrected chi connectivity index (χ3v) is 5.11. The number of amides is 1. The molecule has 1 aromatic rings. The molecule has 0 spiro atoms. The van der Waals surface area contributed by atoms with Crippen LogP contribution in [0.25, 0.3) is 0 Å². The fourth-order valence-corrected chi connectivity index (χ4v) is 4.14. The maximum atomic E-state index is 13.2. The summed E-state index contributed by atoms with van der Waals surface area (Å²) in [5, 5.41) is 0. The summed E-state index contributed by atoms with van der Waals surface area (Å²) in [4.78, 5) is 13.9. The molecule has 1 heterocycles. The minimum atomic E-state index is -4.32. The first-order valence-electron chi connectivity index (χ1n) is 8.68. The third-order valence-electron chi connectivity index (χ3n) is 5.11. The molecule has 0 N–H and O–H groups in total. The lowest BCUT2D eigenvalue weighted by Crippen LogP contribution is -2.36. The number of fused-ring (bicyclic) bond motifs is 1. The molecular weight excluding hydrogens is 331 g/mol. The van der Waals surface area contributed by atoms with Crippen LogP contribution in [-0.4, -0.2) is 29.7 Å². The SMILES string of the molecule is CC(C)(C)OC(=O)N1C[C@H]2C[C@@H](c3ccccc3C(F)(F)F)C[C@H]2C1. The largest absolute Gasteiger partial charge is 0.444 e. The monoisotopic (exact) mass is 355 g/mol. The summed E-state index contributed by atoms with van der Waals surface area (Å²) in [6.45, 7) is 6.62. The minimum absolute atomic E-state index is 0.0892. The van der Waals surface area contributed by atoms with Gasteiger partial charge in [-0.15, -0.1) is 0 Å². The number of hydrogen-bond acceptors (Lipinski definition) is 2. The summed E-state index contributed by atoms with van der Waals surface area (Å²) in [5.41, 5.74) is -0.666. The molecule has 138 valence electrons. The van der Waals surface area contributed by atoms with Gasteiger partial charge in [-0.3, -0.25) is 0 Å². The zero-order valence-corrected chi connectivity index (χ0v) is 14.8. The van der Waals surface area contributed by atoms with Crippen molar-refractivity contribution < 1.29 is 22.7 Å². The summed E-state index contributed by atoms with van der Waals surface area (Å²) in [5.74, 6) is 0.409. The molecule has 0 bridgehead atoms. The molecule has 1 saturated carbocycles. The van der Waals surface area contributed by atoms with Crippen LogP contribution in [0, 0.1) is 11.8 Å². The predicted molar refractivity (Wildman–Crippen MR) is 88.2 cm³/mol. The highest BCUT2D eigenvalue weighted by molar-refractivity contribution is 5.68. The second-order valence-electron chi connectivity index (χ2n) is 8.16. The van der Waals surface area contributed by atoms with Crippen LogP contribution in [-0.2, 0) is 10.9 Å². The Bertz CT molecular complexity index is 637. The van der Waals surface area contributed by atoms with Crippen molar-refractivity contribution in [2.45, 2.75) is 51.3 Å². The highest BCUT2D eigenvalue weighted by Crippen LogP contribution is 2.48. The van der Waals surface area contributed by atoms with Crippen LogP contribution in [0.5, 0.6) is 0 Å². The molecule has 3 rings (SSSR count). The number of rotatable bonds is 1. The van der Waals surface area contributed by atoms with E-state index in [9.17, 15) is 18.0 Å². The van der Waals surface area contributed by atoms with E-state index >= 15 is 0 Å². The standard InChI is InChI=1S/C19H24F3NO2/c1-18(2,3)25-17(24)23-10-13-8-12(9-14(13)11-23)15-6-4-5-7-16(15)19(20,21)22/h4-7,12-14H,8-11H2,1-3H3/t12-,13-,14+. The molecule has 1 aliphatic heterocycles. The van der Waals surface area contributed by atoms with E-state index in [1.807, 2.05) is 20.8 Å². The number of alkyl halides is 3. The smallest absolute Gasteiger partial charge is 0.416 e. The molecule has 0 aromatic heterocycles. The van der Waals surface area contributed by atoms with Gasteiger partial charge in [-0.1, -0.05) is 18.2 Å². The molecular formula is C19H24F3NO2. The molecule has 1 aliphatic carbocycles. The van der Waals surface area contributed by atoms with Gasteiger partial charge in [0.25, 0.3) is 0 Å². The first-order valence-corrected chi connectivity index (χ1v) is 8.68. The highest BCUT2D eigenvalue weighted by atomic mass is 19.4. The van der Waals surface area contributed by atoms with Gasteiger partial charge in [0.05, 0.1) is 5.56 Å². The van der Waals surface area contributed by atoms with Crippen LogP contribution < -0.4 is 0 Å². The molecule has 1 aromatic carbocycles. The molecule has 0 radical (unpaired) electrons. The number of carbonyl (C=O) groups is 1. The summed E-state index contributed by atoms with van der Waals surface area (Å²) in [7, 11) is 0. The maximum absolute atomic E-state index is 13.2.